The molecular formula is C19H27N3O2S. The number of amides is 2. The van der Waals surface area contributed by atoms with Crippen molar-refractivity contribution in [1.29, 1.82) is 0 Å². The Labute approximate surface area is 154 Å². The standard InChI is InChI=1S/C19H27N3O2S/c1-2-10-21-11-7-15(8-12-21)20-18(23)9-13-22-16-5-3-4-6-17(16)25-14-19(22)24/h3-6,15H,2,7-14H2,1H3,(H,20,23). The number of nitrogens with one attached hydrogen (secondary N) is 1. The molecule has 1 N–H and O–H groups in total. The van der Waals surface area contributed by atoms with Crippen LogP contribution in [0.5, 0.6) is 0 Å². The van der Waals surface area contributed by atoms with Crippen LogP contribution in [-0.4, -0.2) is 54.7 Å². The molecule has 0 radical (unpaired) electrons. The number of rotatable bonds is 6. The summed E-state index contributed by atoms with van der Waals surface area (Å²) in [6.45, 7) is 5.93. The smallest absolute Gasteiger partial charge is 0.237 e. The highest BCUT2D eigenvalue weighted by Crippen LogP contribution is 2.34. The number of hydrogen-bond acceptors (Lipinski definition) is 4. The van der Waals surface area contributed by atoms with Crippen LogP contribution in [0.4, 0.5) is 5.69 Å². The summed E-state index contributed by atoms with van der Waals surface area (Å²) in [5, 5.41) is 3.15. The van der Waals surface area contributed by atoms with E-state index in [1.54, 1.807) is 16.7 Å². The van der Waals surface area contributed by atoms with Gasteiger partial charge in [0.25, 0.3) is 0 Å². The number of para-hydroxylation sites is 1. The Morgan fingerprint density at radius 1 is 1.24 bits per heavy atom. The van der Waals surface area contributed by atoms with E-state index in [2.05, 4.69) is 17.1 Å². The van der Waals surface area contributed by atoms with Crippen molar-refractivity contribution in [3.05, 3.63) is 24.3 Å². The van der Waals surface area contributed by atoms with E-state index in [0.717, 1.165) is 43.1 Å². The average Bonchev–Trinajstić information content (AvgIpc) is 2.63. The van der Waals surface area contributed by atoms with Gasteiger partial charge in [-0.05, 0) is 37.9 Å². The van der Waals surface area contributed by atoms with Gasteiger partial charge in [-0.25, -0.2) is 0 Å². The Hall–Kier alpha value is -1.53. The second-order valence-corrected chi connectivity index (χ2v) is 7.75. The van der Waals surface area contributed by atoms with E-state index >= 15 is 0 Å². The van der Waals surface area contributed by atoms with Crippen LogP contribution in [-0.2, 0) is 9.59 Å². The molecule has 2 aliphatic rings. The van der Waals surface area contributed by atoms with E-state index < -0.39 is 0 Å². The maximum atomic E-state index is 12.3. The van der Waals surface area contributed by atoms with Crippen molar-refractivity contribution >= 4 is 29.3 Å². The zero-order valence-corrected chi connectivity index (χ0v) is 15.7. The summed E-state index contributed by atoms with van der Waals surface area (Å²) in [7, 11) is 0. The SMILES string of the molecule is CCCN1CCC(NC(=O)CCN2C(=O)CSc3ccccc32)CC1. The first-order chi connectivity index (χ1) is 12.2. The van der Waals surface area contributed by atoms with Gasteiger partial charge >= 0.3 is 0 Å². The monoisotopic (exact) mass is 361 g/mol. The Bertz CT molecular complexity index is 614. The predicted molar refractivity (Wildman–Crippen MR) is 102 cm³/mol. The Kier molecular flexibility index (Phi) is 6.37. The summed E-state index contributed by atoms with van der Waals surface area (Å²) in [6, 6.07) is 8.19. The minimum Gasteiger partial charge on any atom is -0.353 e. The predicted octanol–water partition coefficient (Wildman–Crippen LogP) is 2.51. The number of carbonyl (C=O) groups is 2. The number of likely N-dealkylation sites (tertiary alicyclic amines) is 1. The van der Waals surface area contributed by atoms with Crippen molar-refractivity contribution in [3.8, 4) is 0 Å². The molecular weight excluding hydrogens is 334 g/mol. The zero-order valence-electron chi connectivity index (χ0n) is 14.9. The first kappa shape index (κ1) is 18.3. The number of piperidine rings is 1. The first-order valence-corrected chi connectivity index (χ1v) is 10.2. The van der Waals surface area contributed by atoms with Gasteiger partial charge in [-0.15, -0.1) is 11.8 Å². The Morgan fingerprint density at radius 3 is 2.76 bits per heavy atom. The second-order valence-electron chi connectivity index (χ2n) is 6.74. The van der Waals surface area contributed by atoms with E-state index in [1.165, 1.54) is 6.42 Å². The molecule has 1 aromatic carbocycles. The summed E-state index contributed by atoms with van der Waals surface area (Å²) in [5.74, 6) is 0.593. The van der Waals surface area contributed by atoms with Crippen molar-refractivity contribution < 1.29 is 9.59 Å². The minimum absolute atomic E-state index is 0.0532. The molecule has 2 aliphatic heterocycles. The largest absolute Gasteiger partial charge is 0.353 e. The molecule has 1 saturated heterocycles. The summed E-state index contributed by atoms with van der Waals surface area (Å²) >= 11 is 1.57. The molecule has 25 heavy (non-hydrogen) atoms. The molecule has 1 fully saturated rings. The van der Waals surface area contributed by atoms with Gasteiger partial charge in [0, 0.05) is 37.0 Å². The minimum atomic E-state index is 0.0532. The normalized spacial score (nSPS) is 18.9. The number of carbonyl (C=O) groups excluding carboxylic acids is 2. The van der Waals surface area contributed by atoms with Crippen molar-refractivity contribution in [2.45, 2.75) is 43.5 Å². The van der Waals surface area contributed by atoms with E-state index in [1.807, 2.05) is 24.3 Å². The molecule has 0 aliphatic carbocycles. The second kappa shape index (κ2) is 8.72. The fraction of sp³-hybridized carbons (Fsp3) is 0.579. The third-order valence-electron chi connectivity index (χ3n) is 4.86. The first-order valence-electron chi connectivity index (χ1n) is 9.21. The summed E-state index contributed by atoms with van der Waals surface area (Å²) in [4.78, 5) is 29.9. The molecule has 0 spiro atoms. The lowest BCUT2D eigenvalue weighted by atomic mass is 10.0. The van der Waals surface area contributed by atoms with Crippen LogP contribution < -0.4 is 10.2 Å². The van der Waals surface area contributed by atoms with Crippen LogP contribution in [0.3, 0.4) is 0 Å². The molecule has 0 aromatic heterocycles. The van der Waals surface area contributed by atoms with Gasteiger partial charge in [0.1, 0.15) is 0 Å². The van der Waals surface area contributed by atoms with Crippen LogP contribution in [0.25, 0.3) is 0 Å². The molecule has 3 rings (SSSR count). The topological polar surface area (TPSA) is 52.7 Å². The molecule has 0 saturated carbocycles. The highest BCUT2D eigenvalue weighted by atomic mass is 32.2. The van der Waals surface area contributed by atoms with E-state index in [9.17, 15) is 9.59 Å². The third kappa shape index (κ3) is 4.76. The Balaban J connectivity index is 1.47. The van der Waals surface area contributed by atoms with Gasteiger partial charge in [0.2, 0.25) is 11.8 Å². The van der Waals surface area contributed by atoms with Crippen molar-refractivity contribution in [1.82, 2.24) is 10.2 Å². The summed E-state index contributed by atoms with van der Waals surface area (Å²) < 4.78 is 0. The van der Waals surface area contributed by atoms with Crippen LogP contribution in [0.1, 0.15) is 32.6 Å². The number of fused-ring (bicyclic) bond motifs is 1. The maximum absolute atomic E-state index is 12.3. The van der Waals surface area contributed by atoms with Crippen molar-refractivity contribution in [3.63, 3.8) is 0 Å². The van der Waals surface area contributed by atoms with Crippen LogP contribution in [0.2, 0.25) is 0 Å². The number of nitrogens with zero attached hydrogens (tertiary/aromatic N) is 2. The number of hydrogen-bond donors (Lipinski definition) is 1. The van der Waals surface area contributed by atoms with Gasteiger partial charge in [0.05, 0.1) is 11.4 Å². The van der Waals surface area contributed by atoms with Gasteiger partial charge in [-0.2, -0.15) is 0 Å². The van der Waals surface area contributed by atoms with Gasteiger partial charge < -0.3 is 15.1 Å². The lowest BCUT2D eigenvalue weighted by Gasteiger charge is -2.32. The molecule has 0 unspecified atom stereocenters. The van der Waals surface area contributed by atoms with Gasteiger partial charge in [-0.1, -0.05) is 19.1 Å². The molecule has 2 heterocycles. The Morgan fingerprint density at radius 2 is 2.00 bits per heavy atom. The third-order valence-corrected chi connectivity index (χ3v) is 5.91. The van der Waals surface area contributed by atoms with Crippen LogP contribution >= 0.6 is 11.8 Å². The molecule has 1 aromatic rings. The van der Waals surface area contributed by atoms with Gasteiger partial charge in [-0.3, -0.25) is 9.59 Å². The number of thioether (sulfide) groups is 1. The van der Waals surface area contributed by atoms with E-state index in [4.69, 9.17) is 0 Å². The van der Waals surface area contributed by atoms with Crippen LogP contribution in [0.15, 0.2) is 29.2 Å². The number of benzene rings is 1. The molecule has 136 valence electrons. The number of anilines is 1. The lowest BCUT2D eigenvalue weighted by molar-refractivity contribution is -0.122. The summed E-state index contributed by atoms with van der Waals surface area (Å²) in [6.07, 6.45) is 3.59. The molecule has 0 atom stereocenters. The molecule has 5 nitrogen and oxygen atoms in total. The van der Waals surface area contributed by atoms with Crippen LogP contribution in [0, 0.1) is 0 Å². The fourth-order valence-corrected chi connectivity index (χ4v) is 4.47. The van der Waals surface area contributed by atoms with Crippen molar-refractivity contribution in [2.24, 2.45) is 0 Å². The molecule has 0 bridgehead atoms. The molecule has 6 heteroatoms. The lowest BCUT2D eigenvalue weighted by Crippen LogP contribution is -2.46. The highest BCUT2D eigenvalue weighted by Gasteiger charge is 2.25. The highest BCUT2D eigenvalue weighted by molar-refractivity contribution is 8.00. The van der Waals surface area contributed by atoms with Crippen molar-refractivity contribution in [2.75, 3.05) is 36.8 Å². The fourth-order valence-electron chi connectivity index (χ4n) is 3.53. The van der Waals surface area contributed by atoms with Gasteiger partial charge in [0.15, 0.2) is 0 Å². The zero-order chi connectivity index (χ0) is 17.6. The summed E-state index contributed by atoms with van der Waals surface area (Å²) in [5.41, 5.74) is 0.935. The molecule has 2 amide bonds. The van der Waals surface area contributed by atoms with E-state index in [-0.39, 0.29) is 17.9 Å². The van der Waals surface area contributed by atoms with E-state index in [0.29, 0.717) is 18.7 Å². The maximum Gasteiger partial charge on any atom is 0.237 e. The average molecular weight is 362 g/mol. The quantitative estimate of drug-likeness (QED) is 0.846.